The number of halogens is 1. The summed E-state index contributed by atoms with van der Waals surface area (Å²) in [6, 6.07) is 18.8. The van der Waals surface area contributed by atoms with Crippen LogP contribution in [0.3, 0.4) is 0 Å². The van der Waals surface area contributed by atoms with E-state index in [1.807, 2.05) is 24.3 Å². The lowest BCUT2D eigenvalue weighted by atomic mass is 9.46. The van der Waals surface area contributed by atoms with Crippen LogP contribution in [0.4, 0.5) is 0 Å². The van der Waals surface area contributed by atoms with Crippen LogP contribution in [0.2, 0.25) is 5.02 Å². The fourth-order valence-electron chi connectivity index (χ4n) is 9.59. The first-order valence-corrected chi connectivity index (χ1v) is 20.3. The lowest BCUT2D eigenvalue weighted by molar-refractivity contribution is -0.191. The Labute approximate surface area is 328 Å². The first kappa shape index (κ1) is 39.5. The fourth-order valence-corrected chi connectivity index (χ4v) is 11.4. The lowest BCUT2D eigenvalue weighted by Gasteiger charge is -2.60. The van der Waals surface area contributed by atoms with Crippen LogP contribution < -0.4 is 0 Å². The van der Waals surface area contributed by atoms with Crippen molar-refractivity contribution in [2.24, 2.45) is 22.7 Å². The maximum absolute atomic E-state index is 13.2. The number of hydrogen-bond donors (Lipinski definition) is 0. The molecule has 8 nitrogen and oxygen atoms in total. The largest absolute Gasteiger partial charge is 0.465 e. The van der Waals surface area contributed by atoms with Crippen LogP contribution >= 0.6 is 35.6 Å². The summed E-state index contributed by atoms with van der Waals surface area (Å²) < 4.78 is 17.8. The van der Waals surface area contributed by atoms with Gasteiger partial charge >= 0.3 is 17.9 Å². The van der Waals surface area contributed by atoms with Crippen LogP contribution in [0.1, 0.15) is 77.0 Å². The van der Waals surface area contributed by atoms with Gasteiger partial charge in [0.05, 0.1) is 11.6 Å². The van der Waals surface area contributed by atoms with Crippen molar-refractivity contribution in [1.29, 1.82) is 0 Å². The molecule has 7 atom stereocenters. The smallest absolute Gasteiger partial charge is 0.335 e. The molecule has 2 aromatic carbocycles. The first-order valence-electron chi connectivity index (χ1n) is 18.7. The SMILES string of the molecule is C=C1CC[C@@H]2[C@](C)(COC(C)=O)[C@H](OC(C)=O)CC[C@@]2(C)[C@@H]1C[C@H](SC(=S)N1CCN(C(c2ccccc2)c2ccc(Cl)cc2)CC1)C1=CCOC1=O. The topological polar surface area (TPSA) is 85.4 Å². The fraction of sp³-hybridized carbons (Fsp3) is 0.524. The number of allylic oxidation sites excluding steroid dienone is 1. The maximum atomic E-state index is 13.2. The number of nitrogens with zero attached hydrogens (tertiary/aromatic N) is 2. The molecule has 2 aromatic rings. The molecule has 0 radical (unpaired) electrons. The number of piperazine rings is 1. The molecule has 2 aliphatic carbocycles. The molecule has 1 saturated heterocycles. The van der Waals surface area contributed by atoms with Gasteiger partial charge in [-0.05, 0) is 78.7 Å². The predicted octanol–water partition coefficient (Wildman–Crippen LogP) is 8.19. The van der Waals surface area contributed by atoms with Crippen molar-refractivity contribution in [3.63, 3.8) is 0 Å². The number of thioether (sulfide) groups is 1. The van der Waals surface area contributed by atoms with E-state index in [1.54, 1.807) is 11.8 Å². The number of ether oxygens (including phenoxy) is 3. The summed E-state index contributed by atoms with van der Waals surface area (Å²) in [5.74, 6) is -0.812. The number of benzene rings is 2. The number of thiocarbonyl (C=S) groups is 1. The van der Waals surface area contributed by atoms with Gasteiger partial charge in [0.15, 0.2) is 0 Å². The van der Waals surface area contributed by atoms with Crippen LogP contribution in [0.5, 0.6) is 0 Å². The van der Waals surface area contributed by atoms with Gasteiger partial charge in [-0.25, -0.2) is 4.79 Å². The van der Waals surface area contributed by atoms with Crippen LogP contribution in [0, 0.1) is 22.7 Å². The maximum Gasteiger partial charge on any atom is 0.335 e. The summed E-state index contributed by atoms with van der Waals surface area (Å²) in [5, 5.41) is 0.500. The van der Waals surface area contributed by atoms with E-state index in [0.717, 1.165) is 60.4 Å². The molecule has 0 amide bonds. The molecule has 1 unspecified atom stereocenters. The van der Waals surface area contributed by atoms with Crippen LogP contribution in [-0.4, -0.2) is 82.8 Å². The normalized spacial score (nSPS) is 28.7. The minimum Gasteiger partial charge on any atom is -0.465 e. The molecule has 11 heteroatoms. The summed E-state index contributed by atoms with van der Waals surface area (Å²) in [6.07, 6.45) is 5.34. The van der Waals surface area contributed by atoms with Crippen molar-refractivity contribution in [2.75, 3.05) is 39.4 Å². The summed E-state index contributed by atoms with van der Waals surface area (Å²) >= 11 is 14.0. The summed E-state index contributed by atoms with van der Waals surface area (Å²) in [7, 11) is 0. The molecular weight excluding hydrogens is 728 g/mol. The number of esters is 3. The van der Waals surface area contributed by atoms with E-state index in [2.05, 4.69) is 66.6 Å². The number of fused-ring (bicyclic) bond motifs is 1. The van der Waals surface area contributed by atoms with Crippen molar-refractivity contribution in [3.05, 3.63) is 94.5 Å². The quantitative estimate of drug-likeness (QED) is 0.102. The molecule has 0 aromatic heterocycles. The Morgan fingerprint density at radius 1 is 1.02 bits per heavy atom. The molecule has 53 heavy (non-hydrogen) atoms. The Morgan fingerprint density at radius 3 is 2.32 bits per heavy atom. The van der Waals surface area contributed by atoms with Crippen molar-refractivity contribution in [3.8, 4) is 0 Å². The van der Waals surface area contributed by atoms with E-state index in [0.29, 0.717) is 18.4 Å². The Balaban J connectivity index is 1.20. The molecule has 3 fully saturated rings. The number of hydrogen-bond acceptors (Lipinski definition) is 9. The van der Waals surface area contributed by atoms with Crippen molar-refractivity contribution >= 4 is 57.8 Å². The zero-order valence-corrected chi connectivity index (χ0v) is 33.6. The van der Waals surface area contributed by atoms with E-state index in [1.165, 1.54) is 25.0 Å². The van der Waals surface area contributed by atoms with E-state index >= 15 is 0 Å². The number of rotatable bonds is 10. The molecular formula is C42H51ClN2O6S2. The highest BCUT2D eigenvalue weighted by atomic mass is 35.5. The summed E-state index contributed by atoms with van der Waals surface area (Å²) in [5.41, 5.74) is 3.45. The average molecular weight is 779 g/mol. The highest BCUT2D eigenvalue weighted by Gasteiger charge is 2.60. The molecule has 6 rings (SSSR count). The molecule has 2 heterocycles. The molecule has 2 aliphatic heterocycles. The van der Waals surface area contributed by atoms with Crippen molar-refractivity contribution in [2.45, 2.75) is 77.2 Å². The van der Waals surface area contributed by atoms with Crippen LogP contribution in [0.25, 0.3) is 0 Å². The minimum atomic E-state index is -0.573. The van der Waals surface area contributed by atoms with Crippen molar-refractivity contribution < 1.29 is 28.6 Å². The number of carbonyl (C=O) groups excluding carboxylic acids is 3. The molecule has 0 spiro atoms. The van der Waals surface area contributed by atoms with Crippen molar-refractivity contribution in [1.82, 2.24) is 9.80 Å². The minimum absolute atomic E-state index is 0.0636. The predicted molar refractivity (Wildman–Crippen MR) is 214 cm³/mol. The second-order valence-electron chi connectivity index (χ2n) is 15.5. The molecule has 4 aliphatic rings. The van der Waals surface area contributed by atoms with E-state index in [-0.39, 0.29) is 65.8 Å². The van der Waals surface area contributed by atoms with E-state index < -0.39 is 5.41 Å². The van der Waals surface area contributed by atoms with Gasteiger partial charge in [0.2, 0.25) is 0 Å². The Morgan fingerprint density at radius 2 is 1.70 bits per heavy atom. The Hall–Kier alpha value is -3.18. The molecule has 284 valence electrons. The second-order valence-corrected chi connectivity index (χ2v) is 17.8. The van der Waals surface area contributed by atoms with Gasteiger partial charge in [0.25, 0.3) is 0 Å². The Bertz CT molecular complexity index is 1730. The molecule has 0 N–H and O–H groups in total. The van der Waals surface area contributed by atoms with Gasteiger partial charge < -0.3 is 19.1 Å². The van der Waals surface area contributed by atoms with Gasteiger partial charge in [-0.3, -0.25) is 14.5 Å². The van der Waals surface area contributed by atoms with Gasteiger partial charge in [-0.15, -0.1) is 0 Å². The highest BCUT2D eigenvalue weighted by Crippen LogP contribution is 2.63. The zero-order valence-electron chi connectivity index (χ0n) is 31.2. The van der Waals surface area contributed by atoms with E-state index in [9.17, 15) is 14.4 Å². The number of carbonyl (C=O) groups is 3. The van der Waals surface area contributed by atoms with Gasteiger partial charge in [0.1, 0.15) is 23.6 Å². The standard InChI is InChI=1S/C42H51ClN2O6S2/c1-27-11-16-36-41(4,19-17-37(51-29(3)47)42(36,5)26-50-28(2)46)34(27)25-35(33-18-24-49-39(33)48)53-40(52)45-22-20-44(21-23-45)38(30-9-7-6-8-10-30)31-12-14-32(43)15-13-31/h6-10,12-15,18,34-38H,1,11,16-17,19-26H2,2-5H3/t34-,35+,36+,37-,38?,41+,42+/m1/s1. The zero-order chi connectivity index (χ0) is 37.9. The highest BCUT2D eigenvalue weighted by molar-refractivity contribution is 8.23. The van der Waals surface area contributed by atoms with Gasteiger partial charge in [-0.1, -0.05) is 104 Å². The first-order chi connectivity index (χ1) is 25.3. The third-order valence-electron chi connectivity index (χ3n) is 12.2. The summed E-state index contributed by atoms with van der Waals surface area (Å²) in [6.45, 7) is 15.5. The number of cyclic esters (lactones) is 1. The third kappa shape index (κ3) is 8.56. The lowest BCUT2D eigenvalue weighted by Crippen LogP contribution is -2.59. The second kappa shape index (κ2) is 16.7. The van der Waals surface area contributed by atoms with E-state index in [4.69, 9.17) is 38.0 Å². The molecule has 2 saturated carbocycles. The Kier molecular flexibility index (Phi) is 12.4. The van der Waals surface area contributed by atoms with Gasteiger partial charge in [-0.2, -0.15) is 0 Å². The molecule has 0 bridgehead atoms. The van der Waals surface area contributed by atoms with Crippen LogP contribution in [0.15, 0.2) is 78.4 Å². The van der Waals surface area contributed by atoms with Crippen LogP contribution in [-0.2, 0) is 28.6 Å². The monoisotopic (exact) mass is 778 g/mol. The average Bonchev–Trinajstić information content (AvgIpc) is 3.57. The third-order valence-corrected chi connectivity index (χ3v) is 14.2. The van der Waals surface area contributed by atoms with Gasteiger partial charge in [0, 0.05) is 55.7 Å². The summed E-state index contributed by atoms with van der Waals surface area (Å²) in [4.78, 5) is 42.2.